The third-order valence-corrected chi connectivity index (χ3v) is 6.10. The predicted octanol–water partition coefficient (Wildman–Crippen LogP) is 3.94. The van der Waals surface area contributed by atoms with Gasteiger partial charge in [-0.15, -0.1) is 0 Å². The number of nitrogens with zero attached hydrogens (tertiary/aromatic N) is 4. The lowest BCUT2D eigenvalue weighted by Gasteiger charge is -2.31. The van der Waals surface area contributed by atoms with Crippen LogP contribution >= 0.6 is 0 Å². The molecule has 3 heterocycles. The topological polar surface area (TPSA) is 70.7 Å². The van der Waals surface area contributed by atoms with Gasteiger partial charge in [0.15, 0.2) is 11.4 Å². The first-order valence-electron chi connectivity index (χ1n) is 10.9. The van der Waals surface area contributed by atoms with Crippen LogP contribution in [0.1, 0.15) is 46.6 Å². The molecule has 6 heteroatoms. The van der Waals surface area contributed by atoms with Gasteiger partial charge in [-0.05, 0) is 37.0 Å². The standard InChI is InChI=1S/C26H26N4O2/c1-26(2,32)21-9-7-19(8-10-21)23(31)15-22-16-25(30-24(28-22)11-13-27-30)29-14-12-18-5-3-4-6-20(18)17-29/h3-11,13,16,32H,12,14-15,17H2,1-2H3. The quantitative estimate of drug-likeness (QED) is 0.490. The van der Waals surface area contributed by atoms with Crippen LogP contribution in [0.3, 0.4) is 0 Å². The van der Waals surface area contributed by atoms with Crippen LogP contribution in [0.5, 0.6) is 0 Å². The van der Waals surface area contributed by atoms with E-state index in [1.807, 2.05) is 16.6 Å². The van der Waals surface area contributed by atoms with Crippen LogP contribution in [-0.4, -0.2) is 32.0 Å². The lowest BCUT2D eigenvalue weighted by molar-refractivity contribution is 0.0784. The van der Waals surface area contributed by atoms with E-state index in [0.29, 0.717) is 5.56 Å². The molecule has 0 bridgehead atoms. The lowest BCUT2D eigenvalue weighted by atomic mass is 9.96. The summed E-state index contributed by atoms with van der Waals surface area (Å²) in [5, 5.41) is 14.6. The molecule has 1 aliphatic rings. The molecule has 0 saturated carbocycles. The molecule has 2 aromatic heterocycles. The Kier molecular flexibility index (Phi) is 5.02. The summed E-state index contributed by atoms with van der Waals surface area (Å²) in [6.07, 6.45) is 2.93. The van der Waals surface area contributed by atoms with Gasteiger partial charge in [0.05, 0.1) is 23.9 Å². The monoisotopic (exact) mass is 426 g/mol. The van der Waals surface area contributed by atoms with Gasteiger partial charge < -0.3 is 10.0 Å². The summed E-state index contributed by atoms with van der Waals surface area (Å²) in [5.41, 5.74) is 4.63. The SMILES string of the molecule is CC(C)(O)c1ccc(C(=O)Cc2cc(N3CCc4ccccc4C3)n3nccc3n2)cc1. The van der Waals surface area contributed by atoms with Gasteiger partial charge in [0, 0.05) is 30.8 Å². The van der Waals surface area contributed by atoms with Crippen LogP contribution in [0, 0.1) is 0 Å². The molecule has 1 N–H and O–H groups in total. The number of hydrogen-bond donors (Lipinski definition) is 1. The number of aromatic nitrogens is 3. The molecule has 162 valence electrons. The fourth-order valence-electron chi connectivity index (χ4n) is 4.28. The third-order valence-electron chi connectivity index (χ3n) is 6.10. The molecule has 0 aliphatic carbocycles. The Balaban J connectivity index is 1.43. The minimum absolute atomic E-state index is 0.00130. The second kappa shape index (κ2) is 7.88. The van der Waals surface area contributed by atoms with Gasteiger partial charge in [-0.25, -0.2) is 4.98 Å². The Bertz CT molecular complexity index is 1290. The van der Waals surface area contributed by atoms with Crippen molar-refractivity contribution in [3.8, 4) is 0 Å². The highest BCUT2D eigenvalue weighted by Gasteiger charge is 2.21. The van der Waals surface area contributed by atoms with Crippen molar-refractivity contribution >= 4 is 17.2 Å². The number of carbonyl (C=O) groups is 1. The van der Waals surface area contributed by atoms with E-state index in [-0.39, 0.29) is 12.2 Å². The van der Waals surface area contributed by atoms with E-state index in [4.69, 9.17) is 0 Å². The number of hydrogen-bond acceptors (Lipinski definition) is 5. The summed E-state index contributed by atoms with van der Waals surface area (Å²) in [5.74, 6) is 0.952. The van der Waals surface area contributed by atoms with E-state index < -0.39 is 5.60 Å². The zero-order valence-electron chi connectivity index (χ0n) is 18.3. The molecule has 0 fully saturated rings. The number of benzene rings is 2. The molecule has 32 heavy (non-hydrogen) atoms. The average Bonchev–Trinajstić information content (AvgIpc) is 3.26. The number of anilines is 1. The molecule has 4 aromatic rings. The number of ketones is 1. The number of aliphatic hydroxyl groups is 1. The maximum atomic E-state index is 13.0. The van der Waals surface area contributed by atoms with Gasteiger partial charge in [-0.1, -0.05) is 48.5 Å². The van der Waals surface area contributed by atoms with Crippen LogP contribution in [0.4, 0.5) is 5.82 Å². The summed E-state index contributed by atoms with van der Waals surface area (Å²) in [6, 6.07) is 19.5. The first-order chi connectivity index (χ1) is 15.4. The Labute approximate surface area is 187 Å². The summed E-state index contributed by atoms with van der Waals surface area (Å²) < 4.78 is 1.85. The van der Waals surface area contributed by atoms with Gasteiger partial charge in [-0.2, -0.15) is 9.61 Å². The maximum absolute atomic E-state index is 13.0. The molecule has 0 unspecified atom stereocenters. The highest BCUT2D eigenvalue weighted by atomic mass is 16.3. The van der Waals surface area contributed by atoms with Crippen molar-refractivity contribution in [2.75, 3.05) is 11.4 Å². The second-order valence-electron chi connectivity index (χ2n) is 8.88. The fourth-order valence-corrected chi connectivity index (χ4v) is 4.28. The van der Waals surface area contributed by atoms with Crippen molar-refractivity contribution < 1.29 is 9.90 Å². The molecule has 0 saturated heterocycles. The molecular formula is C26H26N4O2. The van der Waals surface area contributed by atoms with Crippen molar-refractivity contribution in [3.05, 3.63) is 94.8 Å². The first kappa shape index (κ1) is 20.4. The average molecular weight is 427 g/mol. The summed E-state index contributed by atoms with van der Waals surface area (Å²) in [7, 11) is 0. The number of carbonyl (C=O) groups excluding carboxylic acids is 1. The smallest absolute Gasteiger partial charge is 0.168 e. The zero-order valence-corrected chi connectivity index (χ0v) is 18.3. The summed E-state index contributed by atoms with van der Waals surface area (Å²) in [6.45, 7) is 5.16. The van der Waals surface area contributed by atoms with E-state index in [2.05, 4.69) is 39.2 Å². The molecule has 0 spiro atoms. The molecule has 5 rings (SSSR count). The lowest BCUT2D eigenvalue weighted by Crippen LogP contribution is -2.32. The van der Waals surface area contributed by atoms with Crippen molar-refractivity contribution in [2.24, 2.45) is 0 Å². The Hall–Kier alpha value is -3.51. The van der Waals surface area contributed by atoms with Crippen LogP contribution in [0.25, 0.3) is 5.65 Å². The molecular weight excluding hydrogens is 400 g/mol. The number of fused-ring (bicyclic) bond motifs is 2. The molecule has 0 amide bonds. The molecule has 2 aromatic carbocycles. The number of rotatable bonds is 5. The van der Waals surface area contributed by atoms with Gasteiger partial charge in [-0.3, -0.25) is 4.79 Å². The van der Waals surface area contributed by atoms with E-state index in [9.17, 15) is 9.90 Å². The van der Waals surface area contributed by atoms with E-state index in [0.717, 1.165) is 42.2 Å². The van der Waals surface area contributed by atoms with E-state index in [1.54, 1.807) is 44.3 Å². The van der Waals surface area contributed by atoms with Gasteiger partial charge >= 0.3 is 0 Å². The first-order valence-corrected chi connectivity index (χ1v) is 10.9. The molecule has 6 nitrogen and oxygen atoms in total. The van der Waals surface area contributed by atoms with Crippen LogP contribution in [0.2, 0.25) is 0 Å². The predicted molar refractivity (Wildman–Crippen MR) is 124 cm³/mol. The van der Waals surface area contributed by atoms with Crippen molar-refractivity contribution in [1.29, 1.82) is 0 Å². The molecule has 0 radical (unpaired) electrons. The largest absolute Gasteiger partial charge is 0.386 e. The zero-order chi connectivity index (χ0) is 22.3. The number of Topliss-reactive ketones (excluding diaryl/α,β-unsaturated/α-hetero) is 1. The fraction of sp³-hybridized carbons (Fsp3) is 0.269. The highest BCUT2D eigenvalue weighted by Crippen LogP contribution is 2.26. The second-order valence-corrected chi connectivity index (χ2v) is 8.88. The summed E-state index contributed by atoms with van der Waals surface area (Å²) in [4.78, 5) is 19.9. The Morgan fingerprint density at radius 2 is 1.81 bits per heavy atom. The summed E-state index contributed by atoms with van der Waals surface area (Å²) >= 11 is 0. The van der Waals surface area contributed by atoms with Crippen LogP contribution in [0.15, 0.2) is 66.9 Å². The Morgan fingerprint density at radius 3 is 2.56 bits per heavy atom. The van der Waals surface area contributed by atoms with E-state index in [1.165, 1.54) is 11.1 Å². The Morgan fingerprint density at radius 1 is 1.06 bits per heavy atom. The van der Waals surface area contributed by atoms with Crippen molar-refractivity contribution in [2.45, 2.75) is 38.8 Å². The third kappa shape index (κ3) is 3.89. The van der Waals surface area contributed by atoms with Crippen LogP contribution in [-0.2, 0) is 25.0 Å². The van der Waals surface area contributed by atoms with Gasteiger partial charge in [0.1, 0.15) is 5.82 Å². The van der Waals surface area contributed by atoms with Crippen molar-refractivity contribution in [1.82, 2.24) is 14.6 Å². The minimum Gasteiger partial charge on any atom is -0.386 e. The minimum atomic E-state index is -0.932. The van der Waals surface area contributed by atoms with Gasteiger partial charge in [0.25, 0.3) is 0 Å². The molecule has 0 atom stereocenters. The molecule has 1 aliphatic heterocycles. The maximum Gasteiger partial charge on any atom is 0.168 e. The van der Waals surface area contributed by atoms with Crippen molar-refractivity contribution in [3.63, 3.8) is 0 Å². The highest BCUT2D eigenvalue weighted by molar-refractivity contribution is 5.97. The van der Waals surface area contributed by atoms with E-state index >= 15 is 0 Å². The van der Waals surface area contributed by atoms with Gasteiger partial charge in [0.2, 0.25) is 0 Å². The normalized spacial score (nSPS) is 13.9. The van der Waals surface area contributed by atoms with Crippen LogP contribution < -0.4 is 4.90 Å².